The maximum absolute atomic E-state index is 12.3. The summed E-state index contributed by atoms with van der Waals surface area (Å²) in [6, 6.07) is 5.57. The normalized spacial score (nSPS) is 15.0. The second-order valence-electron chi connectivity index (χ2n) is 4.78. The van der Waals surface area contributed by atoms with Crippen LogP contribution >= 0.6 is 11.8 Å². The largest absolute Gasteiger partial charge is 0.495 e. The van der Waals surface area contributed by atoms with E-state index in [1.165, 1.54) is 0 Å². The average molecular weight is 304 g/mol. The van der Waals surface area contributed by atoms with E-state index < -0.39 is 0 Å². The third-order valence-electron chi connectivity index (χ3n) is 3.34. The van der Waals surface area contributed by atoms with Crippen molar-refractivity contribution >= 4 is 17.7 Å². The smallest absolute Gasteiger partial charge is 0.251 e. The van der Waals surface area contributed by atoms with Crippen molar-refractivity contribution in [1.29, 1.82) is 0 Å². The predicted molar refractivity (Wildman–Crippen MR) is 86.7 cm³/mol. The van der Waals surface area contributed by atoms with Crippen molar-refractivity contribution in [2.45, 2.75) is 18.9 Å². The quantitative estimate of drug-likeness (QED) is 0.833. The summed E-state index contributed by atoms with van der Waals surface area (Å²) in [6.45, 7) is 0.277. The van der Waals surface area contributed by atoms with E-state index in [1.807, 2.05) is 11.8 Å². The van der Waals surface area contributed by atoms with Gasteiger partial charge in [-0.2, -0.15) is 11.8 Å². The lowest BCUT2D eigenvalue weighted by Crippen LogP contribution is -2.37. The lowest BCUT2D eigenvalue weighted by molar-refractivity contribution is 0.0935. The summed E-state index contributed by atoms with van der Waals surface area (Å²) in [4.78, 5) is 12.3. The van der Waals surface area contributed by atoms with Crippen LogP contribution in [0.15, 0.2) is 18.2 Å². The van der Waals surface area contributed by atoms with Crippen molar-refractivity contribution in [1.82, 2.24) is 5.32 Å². The Labute approximate surface area is 129 Å². The van der Waals surface area contributed by atoms with Gasteiger partial charge < -0.3 is 15.8 Å². The van der Waals surface area contributed by atoms with Crippen LogP contribution in [0.5, 0.6) is 5.75 Å². The minimum Gasteiger partial charge on any atom is -0.495 e. The minimum atomic E-state index is -0.0506. The van der Waals surface area contributed by atoms with Crippen molar-refractivity contribution in [2.75, 3.05) is 25.2 Å². The molecule has 112 valence electrons. The first-order valence-electron chi connectivity index (χ1n) is 7.00. The number of nitrogens with two attached hydrogens (primary N) is 1. The number of nitrogens with one attached hydrogen (secondary N) is 1. The van der Waals surface area contributed by atoms with Gasteiger partial charge in [-0.1, -0.05) is 11.8 Å². The Morgan fingerprint density at radius 3 is 2.90 bits per heavy atom. The van der Waals surface area contributed by atoms with E-state index >= 15 is 0 Å². The molecule has 0 aliphatic carbocycles. The Morgan fingerprint density at radius 2 is 2.24 bits per heavy atom. The van der Waals surface area contributed by atoms with Gasteiger partial charge in [0.25, 0.3) is 5.91 Å². The number of methoxy groups -OCH3 is 1. The molecule has 5 heteroatoms. The molecule has 0 bridgehead atoms. The third kappa shape index (κ3) is 4.42. The second kappa shape index (κ2) is 7.96. The molecule has 1 aliphatic heterocycles. The predicted octanol–water partition coefficient (Wildman–Crippen LogP) is 1.63. The summed E-state index contributed by atoms with van der Waals surface area (Å²) >= 11 is 1.94. The molecule has 1 aromatic rings. The maximum Gasteiger partial charge on any atom is 0.251 e. The Kier molecular flexibility index (Phi) is 5.97. The van der Waals surface area contributed by atoms with Crippen LogP contribution in [0.1, 0.15) is 28.8 Å². The van der Waals surface area contributed by atoms with Crippen LogP contribution in [0.3, 0.4) is 0 Å². The van der Waals surface area contributed by atoms with Crippen molar-refractivity contribution in [3.63, 3.8) is 0 Å². The molecule has 1 fully saturated rings. The van der Waals surface area contributed by atoms with Gasteiger partial charge in [0.15, 0.2) is 0 Å². The highest BCUT2D eigenvalue weighted by molar-refractivity contribution is 7.99. The summed E-state index contributed by atoms with van der Waals surface area (Å²) in [6.07, 6.45) is 2.07. The van der Waals surface area contributed by atoms with E-state index in [0.29, 0.717) is 16.9 Å². The maximum atomic E-state index is 12.3. The SMILES string of the molecule is COc1ccc(C(=O)NC2CCSCC2)cc1C#CCN. The first-order chi connectivity index (χ1) is 10.2. The van der Waals surface area contributed by atoms with Crippen LogP contribution in [-0.2, 0) is 0 Å². The summed E-state index contributed by atoms with van der Waals surface area (Å²) in [7, 11) is 1.59. The van der Waals surface area contributed by atoms with Crippen LogP contribution in [0.4, 0.5) is 0 Å². The van der Waals surface area contributed by atoms with Gasteiger partial charge >= 0.3 is 0 Å². The van der Waals surface area contributed by atoms with Crippen LogP contribution in [0, 0.1) is 11.8 Å². The molecule has 21 heavy (non-hydrogen) atoms. The number of hydrogen-bond donors (Lipinski definition) is 2. The van der Waals surface area contributed by atoms with Gasteiger partial charge in [-0.3, -0.25) is 4.79 Å². The second-order valence-corrected chi connectivity index (χ2v) is 6.01. The number of benzene rings is 1. The number of thioether (sulfide) groups is 1. The molecule has 1 heterocycles. The summed E-state index contributed by atoms with van der Waals surface area (Å²) in [5.74, 6) is 8.56. The molecular weight excluding hydrogens is 284 g/mol. The van der Waals surface area contributed by atoms with E-state index in [0.717, 1.165) is 24.3 Å². The molecule has 3 N–H and O–H groups in total. The molecule has 0 radical (unpaired) electrons. The fraction of sp³-hybridized carbons (Fsp3) is 0.438. The van der Waals surface area contributed by atoms with Gasteiger partial charge in [-0.25, -0.2) is 0 Å². The van der Waals surface area contributed by atoms with Crippen LogP contribution < -0.4 is 15.8 Å². The van der Waals surface area contributed by atoms with Crippen molar-refractivity contribution in [3.05, 3.63) is 29.3 Å². The number of ether oxygens (including phenoxy) is 1. The first-order valence-corrected chi connectivity index (χ1v) is 8.15. The number of carbonyl (C=O) groups is 1. The summed E-state index contributed by atoms with van der Waals surface area (Å²) in [5, 5.41) is 3.09. The van der Waals surface area contributed by atoms with Crippen LogP contribution in [0.2, 0.25) is 0 Å². The Balaban J connectivity index is 2.13. The molecule has 0 atom stereocenters. The van der Waals surface area contributed by atoms with E-state index in [1.54, 1.807) is 25.3 Å². The average Bonchev–Trinajstić information content (AvgIpc) is 2.53. The zero-order valence-electron chi connectivity index (χ0n) is 12.1. The summed E-state index contributed by atoms with van der Waals surface area (Å²) < 4.78 is 5.25. The summed E-state index contributed by atoms with van der Waals surface area (Å²) in [5.41, 5.74) is 6.69. The molecule has 0 saturated carbocycles. The van der Waals surface area contributed by atoms with Crippen LogP contribution in [0.25, 0.3) is 0 Å². The van der Waals surface area contributed by atoms with Gasteiger partial charge in [0.05, 0.1) is 19.2 Å². The van der Waals surface area contributed by atoms with Gasteiger partial charge in [-0.15, -0.1) is 0 Å². The van der Waals surface area contributed by atoms with Gasteiger partial charge in [0, 0.05) is 11.6 Å². The molecule has 1 aromatic carbocycles. The van der Waals surface area contributed by atoms with Crippen molar-refractivity contribution in [2.24, 2.45) is 5.73 Å². The standard InChI is InChI=1S/C16H20N2O2S/c1-20-15-5-4-13(11-12(15)3-2-8-17)16(19)18-14-6-9-21-10-7-14/h4-5,11,14H,6-10,17H2,1H3,(H,18,19). The molecule has 0 aromatic heterocycles. The van der Waals surface area contributed by atoms with Crippen molar-refractivity contribution in [3.8, 4) is 17.6 Å². The third-order valence-corrected chi connectivity index (χ3v) is 4.39. The lowest BCUT2D eigenvalue weighted by Gasteiger charge is -2.22. The van der Waals surface area contributed by atoms with E-state index in [-0.39, 0.29) is 18.5 Å². The monoisotopic (exact) mass is 304 g/mol. The van der Waals surface area contributed by atoms with Crippen molar-refractivity contribution < 1.29 is 9.53 Å². The number of amides is 1. The van der Waals surface area contributed by atoms with Gasteiger partial charge in [-0.05, 0) is 42.5 Å². The highest BCUT2D eigenvalue weighted by atomic mass is 32.2. The van der Waals surface area contributed by atoms with Crippen LogP contribution in [-0.4, -0.2) is 37.1 Å². The molecular formula is C16H20N2O2S. The molecule has 1 aliphatic rings. The number of hydrogen-bond acceptors (Lipinski definition) is 4. The highest BCUT2D eigenvalue weighted by Gasteiger charge is 2.17. The van der Waals surface area contributed by atoms with Gasteiger partial charge in [0.1, 0.15) is 5.75 Å². The zero-order valence-corrected chi connectivity index (χ0v) is 13.0. The topological polar surface area (TPSA) is 64.3 Å². The molecule has 4 nitrogen and oxygen atoms in total. The Hall–Kier alpha value is -1.64. The molecule has 0 unspecified atom stereocenters. The fourth-order valence-electron chi connectivity index (χ4n) is 2.20. The minimum absolute atomic E-state index is 0.0506. The van der Waals surface area contributed by atoms with Gasteiger partial charge in [0.2, 0.25) is 0 Å². The Morgan fingerprint density at radius 1 is 1.48 bits per heavy atom. The lowest BCUT2D eigenvalue weighted by atomic mass is 10.1. The highest BCUT2D eigenvalue weighted by Crippen LogP contribution is 2.20. The molecule has 2 rings (SSSR count). The zero-order chi connectivity index (χ0) is 15.1. The van der Waals surface area contributed by atoms with E-state index in [9.17, 15) is 4.79 Å². The Bertz CT molecular complexity index is 557. The number of carbonyl (C=O) groups excluding carboxylic acids is 1. The molecule has 1 saturated heterocycles. The van der Waals surface area contributed by atoms with E-state index in [4.69, 9.17) is 10.5 Å². The number of rotatable bonds is 3. The fourth-order valence-corrected chi connectivity index (χ4v) is 3.31. The first kappa shape index (κ1) is 15.7. The molecule has 1 amide bonds. The molecule has 0 spiro atoms. The van der Waals surface area contributed by atoms with E-state index in [2.05, 4.69) is 17.2 Å².